The second-order valence-corrected chi connectivity index (χ2v) is 5.71. The van der Waals surface area contributed by atoms with Gasteiger partial charge in [0.15, 0.2) is 0 Å². The zero-order valence-electron chi connectivity index (χ0n) is 12.1. The second-order valence-electron chi connectivity index (χ2n) is 4.68. The van der Waals surface area contributed by atoms with Crippen molar-refractivity contribution in [3.63, 3.8) is 0 Å². The maximum Gasteiger partial charge on any atom is 0.254 e. The van der Waals surface area contributed by atoms with Crippen molar-refractivity contribution < 1.29 is 4.79 Å². The molecule has 0 atom stereocenters. The van der Waals surface area contributed by atoms with Gasteiger partial charge in [0.25, 0.3) is 5.91 Å². The van der Waals surface area contributed by atoms with Gasteiger partial charge in [-0.05, 0) is 49.1 Å². The summed E-state index contributed by atoms with van der Waals surface area (Å²) in [7, 11) is 1.88. The number of aryl methyl sites for hydroxylation is 1. The molecule has 0 radical (unpaired) electrons. The lowest BCUT2D eigenvalue weighted by atomic mass is 10.1. The molecular formula is C16H20N2OS. The molecule has 106 valence electrons. The van der Waals surface area contributed by atoms with Crippen LogP contribution < -0.4 is 5.32 Å². The third-order valence-corrected chi connectivity index (χ3v) is 4.20. The van der Waals surface area contributed by atoms with Crippen molar-refractivity contribution in [1.29, 1.82) is 0 Å². The van der Waals surface area contributed by atoms with Gasteiger partial charge >= 0.3 is 0 Å². The number of carbonyl (C=O) groups excluding carboxylic acids is 1. The smallest absolute Gasteiger partial charge is 0.254 e. The first kappa shape index (κ1) is 14.6. The highest BCUT2D eigenvalue weighted by molar-refractivity contribution is 7.09. The minimum Gasteiger partial charge on any atom is -0.388 e. The maximum absolute atomic E-state index is 12.6. The summed E-state index contributed by atoms with van der Waals surface area (Å²) in [6.45, 7) is 5.39. The second kappa shape index (κ2) is 6.57. The van der Waals surface area contributed by atoms with Crippen LogP contribution in [0.3, 0.4) is 0 Å². The van der Waals surface area contributed by atoms with E-state index in [4.69, 9.17) is 0 Å². The van der Waals surface area contributed by atoms with Crippen LogP contribution in [-0.2, 0) is 6.54 Å². The van der Waals surface area contributed by atoms with Crippen LogP contribution in [0.2, 0.25) is 0 Å². The summed E-state index contributed by atoms with van der Waals surface area (Å²) in [5.74, 6) is 0.0982. The average molecular weight is 288 g/mol. The molecule has 1 N–H and O–H groups in total. The predicted molar refractivity (Wildman–Crippen MR) is 85.5 cm³/mol. The largest absolute Gasteiger partial charge is 0.388 e. The van der Waals surface area contributed by atoms with Crippen LogP contribution in [0.15, 0.2) is 35.7 Å². The molecule has 2 aromatic rings. The molecule has 0 fully saturated rings. The molecule has 0 bridgehead atoms. The molecule has 1 aromatic carbocycles. The minimum atomic E-state index is 0.0982. The van der Waals surface area contributed by atoms with Crippen molar-refractivity contribution >= 4 is 22.9 Å². The Bertz CT molecular complexity index is 578. The monoisotopic (exact) mass is 288 g/mol. The first-order valence-electron chi connectivity index (χ1n) is 6.75. The van der Waals surface area contributed by atoms with Crippen LogP contribution in [0.5, 0.6) is 0 Å². The van der Waals surface area contributed by atoms with E-state index in [1.54, 1.807) is 11.3 Å². The number of carbonyl (C=O) groups is 1. The number of nitrogens with one attached hydrogen (secondary N) is 1. The van der Waals surface area contributed by atoms with E-state index >= 15 is 0 Å². The standard InChI is InChI=1S/C16H20N2OS/c1-4-18(11-14-6-5-9-20-14)16(19)15-8-7-13(17-3)10-12(15)2/h5-10,17H,4,11H2,1-3H3. The predicted octanol–water partition coefficient (Wildman–Crippen LogP) is 3.76. The lowest BCUT2D eigenvalue weighted by Crippen LogP contribution is -2.30. The van der Waals surface area contributed by atoms with Gasteiger partial charge in [-0.15, -0.1) is 11.3 Å². The Morgan fingerprint density at radius 1 is 1.35 bits per heavy atom. The molecule has 2 rings (SSSR count). The normalized spacial score (nSPS) is 10.3. The lowest BCUT2D eigenvalue weighted by molar-refractivity contribution is 0.0753. The molecule has 1 amide bonds. The number of hydrogen-bond acceptors (Lipinski definition) is 3. The van der Waals surface area contributed by atoms with Gasteiger partial charge in [-0.25, -0.2) is 0 Å². The van der Waals surface area contributed by atoms with Gasteiger partial charge in [-0.1, -0.05) is 6.07 Å². The Morgan fingerprint density at radius 3 is 2.70 bits per heavy atom. The molecule has 0 aliphatic rings. The lowest BCUT2D eigenvalue weighted by Gasteiger charge is -2.21. The van der Waals surface area contributed by atoms with E-state index in [1.807, 2.05) is 55.4 Å². The van der Waals surface area contributed by atoms with Gasteiger partial charge in [-0.3, -0.25) is 4.79 Å². The Balaban J connectivity index is 2.20. The van der Waals surface area contributed by atoms with E-state index in [0.29, 0.717) is 13.1 Å². The van der Waals surface area contributed by atoms with E-state index in [2.05, 4.69) is 11.4 Å². The fourth-order valence-corrected chi connectivity index (χ4v) is 2.87. The van der Waals surface area contributed by atoms with Gasteiger partial charge in [-0.2, -0.15) is 0 Å². The fraction of sp³-hybridized carbons (Fsp3) is 0.312. The molecule has 0 saturated heterocycles. The Hall–Kier alpha value is -1.81. The van der Waals surface area contributed by atoms with Crippen LogP contribution in [0.25, 0.3) is 0 Å². The first-order chi connectivity index (χ1) is 9.65. The molecule has 4 heteroatoms. The van der Waals surface area contributed by atoms with Crippen LogP contribution in [0.1, 0.15) is 27.7 Å². The van der Waals surface area contributed by atoms with Crippen LogP contribution in [0.4, 0.5) is 5.69 Å². The molecule has 1 aromatic heterocycles. The summed E-state index contributed by atoms with van der Waals surface area (Å²) in [4.78, 5) is 15.7. The third kappa shape index (κ3) is 3.20. The van der Waals surface area contributed by atoms with E-state index in [0.717, 1.165) is 16.8 Å². The average Bonchev–Trinajstić information content (AvgIpc) is 2.96. The Morgan fingerprint density at radius 2 is 2.15 bits per heavy atom. The van der Waals surface area contributed by atoms with Crippen molar-refractivity contribution in [3.8, 4) is 0 Å². The topological polar surface area (TPSA) is 32.3 Å². The molecule has 0 aliphatic heterocycles. The zero-order valence-corrected chi connectivity index (χ0v) is 13.0. The molecule has 20 heavy (non-hydrogen) atoms. The molecule has 0 spiro atoms. The number of anilines is 1. The summed E-state index contributed by atoms with van der Waals surface area (Å²) in [6, 6.07) is 9.94. The van der Waals surface area contributed by atoms with Gasteiger partial charge in [0, 0.05) is 29.7 Å². The highest BCUT2D eigenvalue weighted by Crippen LogP contribution is 2.19. The molecule has 0 saturated carbocycles. The number of amides is 1. The summed E-state index contributed by atoms with van der Waals surface area (Å²) in [5.41, 5.74) is 2.81. The highest BCUT2D eigenvalue weighted by Gasteiger charge is 2.17. The number of thiophene rings is 1. The molecular weight excluding hydrogens is 268 g/mol. The first-order valence-corrected chi connectivity index (χ1v) is 7.63. The zero-order chi connectivity index (χ0) is 14.5. The Kier molecular flexibility index (Phi) is 4.79. The van der Waals surface area contributed by atoms with Crippen molar-refractivity contribution in [1.82, 2.24) is 4.90 Å². The SMILES string of the molecule is CCN(Cc1cccs1)C(=O)c1ccc(NC)cc1C. The summed E-state index contributed by atoms with van der Waals surface area (Å²) in [5, 5.41) is 5.13. The fourth-order valence-electron chi connectivity index (χ4n) is 2.15. The van der Waals surface area contributed by atoms with E-state index in [9.17, 15) is 4.79 Å². The van der Waals surface area contributed by atoms with Crippen molar-refractivity contribution in [2.75, 3.05) is 18.9 Å². The number of hydrogen-bond donors (Lipinski definition) is 1. The molecule has 0 unspecified atom stereocenters. The quantitative estimate of drug-likeness (QED) is 0.908. The number of rotatable bonds is 5. The van der Waals surface area contributed by atoms with E-state index < -0.39 is 0 Å². The van der Waals surface area contributed by atoms with Gasteiger partial charge < -0.3 is 10.2 Å². The van der Waals surface area contributed by atoms with Crippen molar-refractivity contribution in [3.05, 3.63) is 51.7 Å². The summed E-state index contributed by atoms with van der Waals surface area (Å²) >= 11 is 1.69. The van der Waals surface area contributed by atoms with Crippen LogP contribution in [-0.4, -0.2) is 24.4 Å². The van der Waals surface area contributed by atoms with E-state index in [-0.39, 0.29) is 5.91 Å². The summed E-state index contributed by atoms with van der Waals surface area (Å²) in [6.07, 6.45) is 0. The van der Waals surface area contributed by atoms with Crippen molar-refractivity contribution in [2.24, 2.45) is 0 Å². The van der Waals surface area contributed by atoms with Gasteiger partial charge in [0.05, 0.1) is 6.54 Å². The van der Waals surface area contributed by atoms with Crippen LogP contribution in [0, 0.1) is 6.92 Å². The van der Waals surface area contributed by atoms with Gasteiger partial charge in [0.2, 0.25) is 0 Å². The highest BCUT2D eigenvalue weighted by atomic mass is 32.1. The third-order valence-electron chi connectivity index (χ3n) is 3.34. The van der Waals surface area contributed by atoms with Crippen molar-refractivity contribution in [2.45, 2.75) is 20.4 Å². The molecule has 1 heterocycles. The minimum absolute atomic E-state index is 0.0982. The van der Waals surface area contributed by atoms with Crippen LogP contribution >= 0.6 is 11.3 Å². The maximum atomic E-state index is 12.6. The molecule has 0 aliphatic carbocycles. The number of nitrogens with zero attached hydrogens (tertiary/aromatic N) is 1. The molecule has 3 nitrogen and oxygen atoms in total. The summed E-state index contributed by atoms with van der Waals surface area (Å²) < 4.78 is 0. The number of benzene rings is 1. The van der Waals surface area contributed by atoms with E-state index in [1.165, 1.54) is 4.88 Å². The Labute approximate surface area is 124 Å². The van der Waals surface area contributed by atoms with Gasteiger partial charge in [0.1, 0.15) is 0 Å².